The number of allylic oxidation sites excluding steroid dienone is 10. The van der Waals surface area contributed by atoms with E-state index in [4.69, 9.17) is 0 Å². The molecule has 0 N–H and O–H groups in total. The van der Waals surface area contributed by atoms with Crippen molar-refractivity contribution in [2.45, 2.75) is 5.41 Å². The molecule has 50 heavy (non-hydrogen) atoms. The Bertz CT molecular complexity index is 2660. The van der Waals surface area contributed by atoms with Gasteiger partial charge < -0.3 is 0 Å². The van der Waals surface area contributed by atoms with E-state index in [0.29, 0.717) is 0 Å². The van der Waals surface area contributed by atoms with E-state index in [0.717, 1.165) is 0 Å². The predicted molar refractivity (Wildman–Crippen MR) is 207 cm³/mol. The molecule has 0 nitrogen and oxygen atoms in total. The van der Waals surface area contributed by atoms with Gasteiger partial charge in [0.2, 0.25) is 0 Å². The molecule has 6 aromatic carbocycles. The van der Waals surface area contributed by atoms with Crippen LogP contribution in [-0.2, 0) is 5.41 Å². The van der Waals surface area contributed by atoms with Crippen molar-refractivity contribution in [1.82, 2.24) is 0 Å². The van der Waals surface area contributed by atoms with Gasteiger partial charge in [-0.25, -0.2) is 0 Å². The lowest BCUT2D eigenvalue weighted by atomic mass is 9.59. The molecule has 0 fully saturated rings. The number of rotatable bonds is 1. The van der Waals surface area contributed by atoms with Crippen LogP contribution in [0.3, 0.4) is 0 Å². The highest BCUT2D eigenvalue weighted by molar-refractivity contribution is 6.11. The SMILES string of the molecule is C1=CC2(C3=Cc4ccccc4C3=C1)C1=Cc3ccccc3C1=CC=C2c1ccc2c(c1)C1(c3ccccc3-c3ccccc31)c1ccccc1-2. The molecule has 0 amide bonds. The van der Waals surface area contributed by atoms with Crippen molar-refractivity contribution in [2.75, 3.05) is 0 Å². The van der Waals surface area contributed by atoms with E-state index >= 15 is 0 Å². The fourth-order valence-corrected chi connectivity index (χ4v) is 10.4. The zero-order valence-corrected chi connectivity index (χ0v) is 27.3. The van der Waals surface area contributed by atoms with E-state index in [1.165, 1.54) is 100 Å². The van der Waals surface area contributed by atoms with Gasteiger partial charge in [0.15, 0.2) is 0 Å². The van der Waals surface area contributed by atoms with Gasteiger partial charge in [0.25, 0.3) is 0 Å². The quantitative estimate of drug-likeness (QED) is 0.169. The summed E-state index contributed by atoms with van der Waals surface area (Å²) in [5, 5.41) is 0. The molecule has 6 aromatic rings. The average molecular weight is 631 g/mol. The van der Waals surface area contributed by atoms with Gasteiger partial charge >= 0.3 is 0 Å². The van der Waals surface area contributed by atoms with Gasteiger partial charge in [0.05, 0.1) is 10.8 Å². The third-order valence-corrected chi connectivity index (χ3v) is 12.3. The summed E-state index contributed by atoms with van der Waals surface area (Å²) in [6.45, 7) is 0. The highest BCUT2D eigenvalue weighted by atomic mass is 14.5. The van der Waals surface area contributed by atoms with Crippen LogP contribution in [0.25, 0.3) is 51.1 Å². The second-order valence-corrected chi connectivity index (χ2v) is 14.3. The third-order valence-electron chi connectivity index (χ3n) is 12.3. The first-order valence-electron chi connectivity index (χ1n) is 17.7. The third kappa shape index (κ3) is 3.01. The Morgan fingerprint density at radius 2 is 0.840 bits per heavy atom. The molecule has 12 rings (SSSR count). The molecule has 0 bridgehead atoms. The van der Waals surface area contributed by atoms with Crippen molar-refractivity contribution in [1.29, 1.82) is 0 Å². The largest absolute Gasteiger partial charge is 0.0725 e. The van der Waals surface area contributed by atoms with Crippen LogP contribution in [0.1, 0.15) is 50.1 Å². The predicted octanol–water partition coefficient (Wildman–Crippen LogP) is 11.9. The molecule has 230 valence electrons. The summed E-state index contributed by atoms with van der Waals surface area (Å²) >= 11 is 0. The van der Waals surface area contributed by atoms with Crippen molar-refractivity contribution in [3.63, 3.8) is 0 Å². The Morgan fingerprint density at radius 1 is 0.360 bits per heavy atom. The van der Waals surface area contributed by atoms with Crippen molar-refractivity contribution in [3.05, 3.63) is 231 Å². The maximum absolute atomic E-state index is 2.55. The fraction of sp³-hybridized carbons (Fsp3) is 0.0400. The summed E-state index contributed by atoms with van der Waals surface area (Å²) in [6, 6.07) is 52.4. The van der Waals surface area contributed by atoms with E-state index in [1.807, 2.05) is 0 Å². The van der Waals surface area contributed by atoms with Crippen LogP contribution in [0.5, 0.6) is 0 Å². The molecule has 0 aromatic heterocycles. The highest BCUT2D eigenvalue weighted by Gasteiger charge is 2.53. The molecule has 2 spiro atoms. The van der Waals surface area contributed by atoms with Crippen LogP contribution < -0.4 is 0 Å². The average Bonchev–Trinajstić information content (AvgIpc) is 3.91. The topological polar surface area (TPSA) is 0 Å². The van der Waals surface area contributed by atoms with Crippen LogP contribution in [0.2, 0.25) is 0 Å². The smallest absolute Gasteiger partial charge is 0.0651 e. The summed E-state index contributed by atoms with van der Waals surface area (Å²) in [6.07, 6.45) is 16.8. The van der Waals surface area contributed by atoms with E-state index < -0.39 is 5.41 Å². The lowest BCUT2D eigenvalue weighted by molar-refractivity contribution is 0.773. The Kier molecular flexibility index (Phi) is 4.94. The minimum absolute atomic E-state index is 0.377. The Hall–Kier alpha value is -6.24. The molecule has 0 saturated heterocycles. The minimum atomic E-state index is -0.440. The molecule has 0 heteroatoms. The first kappa shape index (κ1) is 26.7. The summed E-state index contributed by atoms with van der Waals surface area (Å²) in [5.41, 5.74) is 23.3. The highest BCUT2D eigenvalue weighted by Crippen LogP contribution is 2.66. The van der Waals surface area contributed by atoms with Crippen molar-refractivity contribution < 1.29 is 0 Å². The molecule has 1 atom stereocenters. The monoisotopic (exact) mass is 630 g/mol. The van der Waals surface area contributed by atoms with E-state index in [9.17, 15) is 0 Å². The number of hydrogen-bond donors (Lipinski definition) is 0. The Morgan fingerprint density at radius 3 is 1.42 bits per heavy atom. The summed E-state index contributed by atoms with van der Waals surface area (Å²) in [5.74, 6) is 0. The molecule has 0 heterocycles. The molecule has 6 aliphatic rings. The number of hydrogen-bond acceptors (Lipinski definition) is 0. The van der Waals surface area contributed by atoms with Crippen LogP contribution in [0.15, 0.2) is 181 Å². The molecule has 0 aliphatic heterocycles. The molecule has 6 aliphatic carbocycles. The maximum atomic E-state index is 2.55. The Labute approximate surface area is 292 Å². The van der Waals surface area contributed by atoms with Crippen LogP contribution in [-0.4, -0.2) is 0 Å². The van der Waals surface area contributed by atoms with Gasteiger partial charge in [0.1, 0.15) is 0 Å². The Balaban J connectivity index is 1.15. The van der Waals surface area contributed by atoms with Crippen LogP contribution in [0.4, 0.5) is 0 Å². The van der Waals surface area contributed by atoms with Gasteiger partial charge in [-0.1, -0.05) is 164 Å². The van der Waals surface area contributed by atoms with E-state index in [1.54, 1.807) is 0 Å². The minimum Gasteiger partial charge on any atom is -0.0651 e. The normalized spacial score (nSPS) is 20.0. The molecular weight excluding hydrogens is 601 g/mol. The molecule has 1 unspecified atom stereocenters. The molecular formula is C50H30. The second kappa shape index (κ2) is 9.26. The van der Waals surface area contributed by atoms with E-state index in [-0.39, 0.29) is 5.41 Å². The van der Waals surface area contributed by atoms with Gasteiger partial charge in [-0.2, -0.15) is 0 Å². The first-order chi connectivity index (χ1) is 24.8. The van der Waals surface area contributed by atoms with Crippen LogP contribution in [0, 0.1) is 5.41 Å². The van der Waals surface area contributed by atoms with Gasteiger partial charge in [0, 0.05) is 0 Å². The van der Waals surface area contributed by atoms with Crippen LogP contribution >= 0.6 is 0 Å². The van der Waals surface area contributed by atoms with E-state index in [2.05, 4.69) is 182 Å². The number of fused-ring (bicyclic) bond motifs is 18. The zero-order valence-electron chi connectivity index (χ0n) is 27.3. The van der Waals surface area contributed by atoms with Crippen molar-refractivity contribution in [3.8, 4) is 22.3 Å². The van der Waals surface area contributed by atoms with Gasteiger partial charge in [-0.05, 0) is 118 Å². The van der Waals surface area contributed by atoms with Crippen molar-refractivity contribution in [2.24, 2.45) is 5.41 Å². The lowest BCUT2D eigenvalue weighted by Gasteiger charge is -2.42. The summed E-state index contributed by atoms with van der Waals surface area (Å²) < 4.78 is 0. The van der Waals surface area contributed by atoms with Gasteiger partial charge in [-0.15, -0.1) is 0 Å². The zero-order chi connectivity index (χ0) is 32.6. The standard InChI is InChI=1S/C50H30/c1-3-14-34-31(12-1)28-46-36(34)19-11-27-49(46)42(26-25-40-35-15-4-2-13-32(35)29-47(40)49)33-23-24-41-39-18-7-10-22-45(39)50(48(41)30-33)43-20-8-5-16-37(43)38-17-6-9-21-44(38)50/h1-30H. The summed E-state index contributed by atoms with van der Waals surface area (Å²) in [4.78, 5) is 0. The maximum Gasteiger partial charge on any atom is 0.0725 e. The number of benzene rings is 6. The molecule has 0 radical (unpaired) electrons. The lowest BCUT2D eigenvalue weighted by Crippen LogP contribution is -2.29. The second-order valence-electron chi connectivity index (χ2n) is 14.3. The fourth-order valence-electron chi connectivity index (χ4n) is 10.4. The summed E-state index contributed by atoms with van der Waals surface area (Å²) in [7, 11) is 0. The first-order valence-corrected chi connectivity index (χ1v) is 17.7. The molecule has 0 saturated carbocycles. The van der Waals surface area contributed by atoms with Crippen molar-refractivity contribution >= 4 is 28.9 Å². The van der Waals surface area contributed by atoms with Gasteiger partial charge in [-0.3, -0.25) is 0 Å².